The zero-order chi connectivity index (χ0) is 22.6. The van der Waals surface area contributed by atoms with E-state index in [-0.39, 0.29) is 0 Å². The molecule has 0 bridgehead atoms. The highest BCUT2D eigenvalue weighted by molar-refractivity contribution is 5.59. The fourth-order valence-electron chi connectivity index (χ4n) is 3.00. The van der Waals surface area contributed by atoms with Gasteiger partial charge in [-0.3, -0.25) is 0 Å². The summed E-state index contributed by atoms with van der Waals surface area (Å²) in [6, 6.07) is 15.5. The number of nitrogens with one attached hydrogen (secondary N) is 2. The maximum absolute atomic E-state index is 12.6. The third-order valence-corrected chi connectivity index (χ3v) is 4.77. The maximum Gasteiger partial charge on any atom is 0.416 e. The highest BCUT2D eigenvalue weighted by Gasteiger charge is 2.30. The Bertz CT molecular complexity index is 1010. The maximum atomic E-state index is 12.6. The summed E-state index contributed by atoms with van der Waals surface area (Å²) in [5, 5.41) is 6.36. The second-order valence-electron chi connectivity index (χ2n) is 7.13. The molecule has 0 aromatic heterocycles. The minimum absolute atomic E-state index is 0.371. The van der Waals surface area contributed by atoms with Gasteiger partial charge in [0.1, 0.15) is 0 Å². The van der Waals surface area contributed by atoms with Crippen molar-refractivity contribution in [3.05, 3.63) is 94.5 Å². The molecular weight excluding hydrogens is 418 g/mol. The van der Waals surface area contributed by atoms with E-state index in [1.807, 2.05) is 25.1 Å². The van der Waals surface area contributed by atoms with Crippen LogP contribution in [0.4, 0.5) is 37.7 Å². The minimum Gasteiger partial charge on any atom is -0.381 e. The number of anilines is 2. The molecular formula is C23H20F6N2. The molecule has 0 saturated carbocycles. The first-order chi connectivity index (χ1) is 14.5. The van der Waals surface area contributed by atoms with E-state index >= 15 is 0 Å². The molecule has 0 aliphatic heterocycles. The van der Waals surface area contributed by atoms with Crippen molar-refractivity contribution in [2.45, 2.75) is 32.4 Å². The van der Waals surface area contributed by atoms with Crippen LogP contribution in [0, 0.1) is 6.92 Å². The Morgan fingerprint density at radius 3 is 1.48 bits per heavy atom. The van der Waals surface area contributed by atoms with Gasteiger partial charge in [-0.15, -0.1) is 0 Å². The second-order valence-corrected chi connectivity index (χ2v) is 7.13. The SMILES string of the molecule is Cc1cc(NCc2ccc(C(F)(F)F)cc2)ccc1NCc1ccc(C(F)(F)F)cc1. The summed E-state index contributed by atoms with van der Waals surface area (Å²) in [6.07, 6.45) is -8.71. The van der Waals surface area contributed by atoms with Gasteiger partial charge < -0.3 is 10.6 Å². The fraction of sp³-hybridized carbons (Fsp3) is 0.217. The Morgan fingerprint density at radius 1 is 0.613 bits per heavy atom. The first-order valence-corrected chi connectivity index (χ1v) is 9.43. The van der Waals surface area contributed by atoms with Gasteiger partial charge in [-0.05, 0) is 66.1 Å². The summed E-state index contributed by atoms with van der Waals surface area (Å²) >= 11 is 0. The van der Waals surface area contributed by atoms with Gasteiger partial charge in [0.15, 0.2) is 0 Å². The molecule has 0 heterocycles. The molecule has 0 amide bonds. The van der Waals surface area contributed by atoms with Gasteiger partial charge in [0.25, 0.3) is 0 Å². The minimum atomic E-state index is -4.36. The number of aryl methyl sites for hydroxylation is 1. The van der Waals surface area contributed by atoms with Crippen LogP contribution in [-0.2, 0) is 25.4 Å². The quantitative estimate of drug-likeness (QED) is 0.396. The van der Waals surface area contributed by atoms with Crippen molar-refractivity contribution >= 4 is 11.4 Å². The molecule has 0 unspecified atom stereocenters. The second kappa shape index (κ2) is 8.91. The third-order valence-electron chi connectivity index (χ3n) is 4.77. The van der Waals surface area contributed by atoms with Crippen molar-refractivity contribution in [3.63, 3.8) is 0 Å². The fourth-order valence-corrected chi connectivity index (χ4v) is 3.00. The predicted molar refractivity (Wildman–Crippen MR) is 109 cm³/mol. The lowest BCUT2D eigenvalue weighted by Crippen LogP contribution is -2.06. The predicted octanol–water partition coefficient (Wildman–Crippen LogP) is 7.26. The molecule has 0 aliphatic rings. The van der Waals surface area contributed by atoms with Crippen molar-refractivity contribution in [2.24, 2.45) is 0 Å². The third kappa shape index (κ3) is 6.16. The number of benzene rings is 3. The van der Waals surface area contributed by atoms with E-state index < -0.39 is 23.5 Å². The van der Waals surface area contributed by atoms with E-state index in [0.717, 1.165) is 52.3 Å². The van der Waals surface area contributed by atoms with Crippen molar-refractivity contribution in [2.75, 3.05) is 10.6 Å². The summed E-state index contributed by atoms with van der Waals surface area (Å²) in [5.41, 5.74) is 2.63. The zero-order valence-corrected chi connectivity index (χ0v) is 16.5. The first kappa shape index (κ1) is 22.5. The number of hydrogen-bond acceptors (Lipinski definition) is 2. The van der Waals surface area contributed by atoms with Crippen LogP contribution in [-0.4, -0.2) is 0 Å². The van der Waals surface area contributed by atoms with E-state index in [2.05, 4.69) is 10.6 Å². The summed E-state index contributed by atoms with van der Waals surface area (Å²) in [6.45, 7) is 2.63. The Morgan fingerprint density at radius 2 is 1.06 bits per heavy atom. The van der Waals surface area contributed by atoms with Crippen LogP contribution in [0.5, 0.6) is 0 Å². The summed E-state index contributed by atoms with van der Waals surface area (Å²) in [4.78, 5) is 0. The van der Waals surface area contributed by atoms with E-state index in [1.165, 1.54) is 24.3 Å². The van der Waals surface area contributed by atoms with Gasteiger partial charge in [-0.1, -0.05) is 24.3 Å². The van der Waals surface area contributed by atoms with Gasteiger partial charge in [-0.25, -0.2) is 0 Å². The molecule has 0 aliphatic carbocycles. The Kier molecular flexibility index (Phi) is 6.48. The van der Waals surface area contributed by atoms with Gasteiger partial charge in [0, 0.05) is 24.5 Å². The van der Waals surface area contributed by atoms with Crippen LogP contribution in [0.2, 0.25) is 0 Å². The molecule has 8 heteroatoms. The van der Waals surface area contributed by atoms with Crippen molar-refractivity contribution in [1.29, 1.82) is 0 Å². The molecule has 3 aromatic rings. The van der Waals surface area contributed by atoms with E-state index in [9.17, 15) is 26.3 Å². The zero-order valence-electron chi connectivity index (χ0n) is 16.5. The summed E-state index contributed by atoms with van der Waals surface area (Å²) in [7, 11) is 0. The molecule has 0 atom stereocenters. The normalized spacial score (nSPS) is 12.0. The standard InChI is InChI=1S/C23H20F6N2/c1-15-12-20(30-13-16-2-6-18(7-3-16)22(24,25)26)10-11-21(15)31-14-17-4-8-19(9-5-17)23(27,28)29/h2-12,30-31H,13-14H2,1H3. The smallest absolute Gasteiger partial charge is 0.381 e. The van der Waals surface area contributed by atoms with Gasteiger partial charge in [-0.2, -0.15) is 26.3 Å². The topological polar surface area (TPSA) is 24.1 Å². The molecule has 3 rings (SSSR count). The van der Waals surface area contributed by atoms with Crippen LogP contribution in [0.15, 0.2) is 66.7 Å². The van der Waals surface area contributed by atoms with Crippen LogP contribution in [0.1, 0.15) is 27.8 Å². The largest absolute Gasteiger partial charge is 0.416 e. The molecule has 3 aromatic carbocycles. The van der Waals surface area contributed by atoms with Crippen LogP contribution < -0.4 is 10.6 Å². The number of hydrogen-bond donors (Lipinski definition) is 2. The van der Waals surface area contributed by atoms with Gasteiger partial charge in [0.2, 0.25) is 0 Å². The van der Waals surface area contributed by atoms with Crippen LogP contribution in [0.25, 0.3) is 0 Å². The summed E-state index contributed by atoms with van der Waals surface area (Å²) < 4.78 is 75.8. The van der Waals surface area contributed by atoms with Crippen LogP contribution in [0.3, 0.4) is 0 Å². The number of halogens is 6. The van der Waals surface area contributed by atoms with E-state index in [0.29, 0.717) is 13.1 Å². The Labute approximate surface area is 175 Å². The number of alkyl halides is 6. The Balaban J connectivity index is 1.56. The molecule has 164 valence electrons. The number of rotatable bonds is 6. The lowest BCUT2D eigenvalue weighted by atomic mass is 10.1. The van der Waals surface area contributed by atoms with Crippen LogP contribution >= 0.6 is 0 Å². The molecule has 0 spiro atoms. The van der Waals surface area contributed by atoms with Gasteiger partial charge in [0.05, 0.1) is 11.1 Å². The molecule has 2 N–H and O–H groups in total. The highest BCUT2D eigenvalue weighted by atomic mass is 19.4. The highest BCUT2D eigenvalue weighted by Crippen LogP contribution is 2.30. The molecule has 0 radical (unpaired) electrons. The summed E-state index contributed by atoms with van der Waals surface area (Å²) in [5.74, 6) is 0. The van der Waals surface area contributed by atoms with Crippen molar-refractivity contribution in [1.82, 2.24) is 0 Å². The van der Waals surface area contributed by atoms with E-state index in [4.69, 9.17) is 0 Å². The van der Waals surface area contributed by atoms with Crippen molar-refractivity contribution in [3.8, 4) is 0 Å². The van der Waals surface area contributed by atoms with E-state index in [1.54, 1.807) is 0 Å². The lowest BCUT2D eigenvalue weighted by Gasteiger charge is -2.14. The first-order valence-electron chi connectivity index (χ1n) is 9.43. The van der Waals surface area contributed by atoms with Crippen molar-refractivity contribution < 1.29 is 26.3 Å². The average Bonchev–Trinajstić information content (AvgIpc) is 2.71. The van der Waals surface area contributed by atoms with Gasteiger partial charge >= 0.3 is 12.4 Å². The molecule has 0 fully saturated rings. The lowest BCUT2D eigenvalue weighted by molar-refractivity contribution is -0.138. The monoisotopic (exact) mass is 438 g/mol. The molecule has 2 nitrogen and oxygen atoms in total. The average molecular weight is 438 g/mol. The Hall–Kier alpha value is -3.16. The molecule has 0 saturated heterocycles. The molecule has 31 heavy (non-hydrogen) atoms.